The minimum atomic E-state index is -0.175. The Morgan fingerprint density at radius 3 is 2.47 bits per heavy atom. The van der Waals surface area contributed by atoms with Crippen molar-refractivity contribution in [3.8, 4) is 0 Å². The zero-order valence-electron chi connectivity index (χ0n) is 12.0. The van der Waals surface area contributed by atoms with Crippen LogP contribution in [0.3, 0.4) is 0 Å². The third kappa shape index (κ3) is 3.15. The molecule has 5 nitrogen and oxygen atoms in total. The Morgan fingerprint density at radius 2 is 2.00 bits per heavy atom. The third-order valence-corrected chi connectivity index (χ3v) is 3.62. The molecular formula is C14H24N4O. The number of hydrogen-bond acceptors (Lipinski definition) is 5. The van der Waals surface area contributed by atoms with Gasteiger partial charge in [-0.05, 0) is 26.2 Å². The fourth-order valence-electron chi connectivity index (χ4n) is 2.26. The number of anilines is 2. The Balaban J connectivity index is 2.23. The predicted molar refractivity (Wildman–Crippen MR) is 77.6 cm³/mol. The summed E-state index contributed by atoms with van der Waals surface area (Å²) < 4.78 is 0. The van der Waals surface area contributed by atoms with E-state index in [1.807, 2.05) is 13.0 Å². The van der Waals surface area contributed by atoms with Crippen LogP contribution in [0.2, 0.25) is 0 Å². The molecule has 1 fully saturated rings. The summed E-state index contributed by atoms with van der Waals surface area (Å²) in [5.41, 5.74) is -0.175. The molecule has 0 aromatic carbocycles. The second kappa shape index (κ2) is 5.74. The topological polar surface area (TPSA) is 70.1 Å². The summed E-state index contributed by atoms with van der Waals surface area (Å²) in [6, 6.07) is 1.92. The highest BCUT2D eigenvalue weighted by Crippen LogP contribution is 2.34. The number of aliphatic hydroxyl groups is 1. The van der Waals surface area contributed by atoms with Crippen LogP contribution < -0.4 is 10.6 Å². The monoisotopic (exact) mass is 264 g/mol. The van der Waals surface area contributed by atoms with Crippen LogP contribution in [0.25, 0.3) is 0 Å². The first-order valence-electron chi connectivity index (χ1n) is 7.10. The molecule has 3 N–H and O–H groups in total. The van der Waals surface area contributed by atoms with Crippen LogP contribution in [0.5, 0.6) is 0 Å². The van der Waals surface area contributed by atoms with Gasteiger partial charge in [0.1, 0.15) is 17.5 Å². The molecule has 1 aliphatic rings. The van der Waals surface area contributed by atoms with Crippen LogP contribution in [0.15, 0.2) is 6.07 Å². The molecule has 0 spiro atoms. The zero-order valence-corrected chi connectivity index (χ0v) is 12.0. The summed E-state index contributed by atoms with van der Waals surface area (Å²) in [5, 5.41) is 16.2. The Labute approximate surface area is 114 Å². The van der Waals surface area contributed by atoms with Gasteiger partial charge < -0.3 is 15.7 Å². The van der Waals surface area contributed by atoms with E-state index < -0.39 is 0 Å². The van der Waals surface area contributed by atoms with Crippen LogP contribution in [-0.2, 0) is 0 Å². The molecule has 0 unspecified atom stereocenters. The summed E-state index contributed by atoms with van der Waals surface area (Å²) in [5.74, 6) is 2.76. The van der Waals surface area contributed by atoms with Gasteiger partial charge in [0.05, 0.1) is 12.1 Å². The smallest absolute Gasteiger partial charge is 0.135 e. The van der Waals surface area contributed by atoms with Crippen molar-refractivity contribution >= 4 is 11.6 Å². The van der Waals surface area contributed by atoms with Crippen LogP contribution in [0, 0.1) is 0 Å². The van der Waals surface area contributed by atoms with Crippen molar-refractivity contribution in [2.45, 2.75) is 51.5 Å². The Morgan fingerprint density at radius 1 is 1.32 bits per heavy atom. The first-order valence-corrected chi connectivity index (χ1v) is 7.10. The van der Waals surface area contributed by atoms with Gasteiger partial charge in [-0.2, -0.15) is 0 Å². The lowest BCUT2D eigenvalue weighted by Crippen LogP contribution is -2.48. The first kappa shape index (κ1) is 14.1. The van der Waals surface area contributed by atoms with Gasteiger partial charge >= 0.3 is 0 Å². The number of rotatable bonds is 6. The van der Waals surface area contributed by atoms with Crippen molar-refractivity contribution < 1.29 is 5.11 Å². The zero-order chi connectivity index (χ0) is 13.9. The molecule has 0 atom stereocenters. The molecule has 0 radical (unpaired) electrons. The maximum atomic E-state index is 9.53. The molecule has 1 aliphatic carbocycles. The lowest BCUT2D eigenvalue weighted by Gasteiger charge is -2.41. The average molecular weight is 264 g/mol. The maximum absolute atomic E-state index is 9.53. The molecular weight excluding hydrogens is 240 g/mol. The van der Waals surface area contributed by atoms with Crippen molar-refractivity contribution in [2.75, 3.05) is 23.8 Å². The van der Waals surface area contributed by atoms with Gasteiger partial charge in [0.2, 0.25) is 0 Å². The molecule has 1 heterocycles. The van der Waals surface area contributed by atoms with E-state index in [1.165, 1.54) is 0 Å². The molecule has 1 saturated carbocycles. The fraction of sp³-hybridized carbons (Fsp3) is 0.714. The van der Waals surface area contributed by atoms with Gasteiger partial charge in [-0.25, -0.2) is 9.97 Å². The SMILES string of the molecule is CCNc1cc(NC2(CO)CCC2)nc(C(C)C)n1. The quantitative estimate of drug-likeness (QED) is 0.736. The highest BCUT2D eigenvalue weighted by atomic mass is 16.3. The lowest BCUT2D eigenvalue weighted by molar-refractivity contribution is 0.144. The Kier molecular flexibility index (Phi) is 4.24. The van der Waals surface area contributed by atoms with Gasteiger partial charge in [0.25, 0.3) is 0 Å². The molecule has 19 heavy (non-hydrogen) atoms. The van der Waals surface area contributed by atoms with E-state index in [9.17, 15) is 5.11 Å². The summed E-state index contributed by atoms with van der Waals surface area (Å²) in [6.07, 6.45) is 3.16. The van der Waals surface area contributed by atoms with E-state index in [-0.39, 0.29) is 18.1 Å². The number of nitrogens with one attached hydrogen (secondary N) is 2. The summed E-state index contributed by atoms with van der Waals surface area (Å²) in [7, 11) is 0. The van der Waals surface area contributed by atoms with Gasteiger partial charge in [-0.1, -0.05) is 13.8 Å². The molecule has 106 valence electrons. The van der Waals surface area contributed by atoms with Crippen LogP contribution in [0.1, 0.15) is 51.8 Å². The number of aliphatic hydroxyl groups excluding tert-OH is 1. The average Bonchev–Trinajstić information content (AvgIpc) is 2.34. The first-order chi connectivity index (χ1) is 9.08. The number of aromatic nitrogens is 2. The van der Waals surface area contributed by atoms with Crippen LogP contribution in [-0.4, -0.2) is 33.8 Å². The second-order valence-electron chi connectivity index (χ2n) is 5.60. The molecule has 1 aromatic rings. The second-order valence-corrected chi connectivity index (χ2v) is 5.60. The van der Waals surface area contributed by atoms with Crippen molar-refractivity contribution in [1.29, 1.82) is 0 Å². The van der Waals surface area contributed by atoms with Crippen molar-refractivity contribution in [2.24, 2.45) is 0 Å². The van der Waals surface area contributed by atoms with E-state index in [1.54, 1.807) is 0 Å². The van der Waals surface area contributed by atoms with Gasteiger partial charge in [-0.15, -0.1) is 0 Å². The number of hydrogen-bond donors (Lipinski definition) is 3. The van der Waals surface area contributed by atoms with Crippen molar-refractivity contribution in [3.63, 3.8) is 0 Å². The van der Waals surface area contributed by atoms with E-state index in [4.69, 9.17) is 0 Å². The summed E-state index contributed by atoms with van der Waals surface area (Å²) in [4.78, 5) is 9.05. The fourth-order valence-corrected chi connectivity index (χ4v) is 2.26. The molecule has 0 bridgehead atoms. The molecule has 0 amide bonds. The van der Waals surface area contributed by atoms with Crippen LogP contribution in [0.4, 0.5) is 11.6 Å². The van der Waals surface area contributed by atoms with Gasteiger partial charge in [0, 0.05) is 18.5 Å². The minimum absolute atomic E-state index is 0.157. The molecule has 5 heteroatoms. The lowest BCUT2D eigenvalue weighted by atomic mass is 9.77. The Bertz CT molecular complexity index is 424. The standard InChI is InChI=1S/C14H24N4O/c1-4-15-11-8-12(17-13(16-11)10(2)3)18-14(9-19)6-5-7-14/h8,10,19H,4-7,9H2,1-3H3,(H2,15,16,17,18). The predicted octanol–water partition coefficient (Wildman–Crippen LogP) is 2.36. The van der Waals surface area contributed by atoms with E-state index >= 15 is 0 Å². The molecule has 0 saturated heterocycles. The maximum Gasteiger partial charge on any atom is 0.135 e. The summed E-state index contributed by atoms with van der Waals surface area (Å²) >= 11 is 0. The summed E-state index contributed by atoms with van der Waals surface area (Å²) in [6.45, 7) is 7.20. The Hall–Kier alpha value is -1.36. The highest BCUT2D eigenvalue weighted by Gasteiger charge is 2.36. The van der Waals surface area contributed by atoms with E-state index in [2.05, 4.69) is 34.4 Å². The van der Waals surface area contributed by atoms with Crippen molar-refractivity contribution in [3.05, 3.63) is 11.9 Å². The van der Waals surface area contributed by atoms with Gasteiger partial charge in [-0.3, -0.25) is 0 Å². The van der Waals surface area contributed by atoms with Gasteiger partial charge in [0.15, 0.2) is 0 Å². The number of nitrogens with zero attached hydrogens (tertiary/aromatic N) is 2. The normalized spacial score (nSPS) is 17.1. The van der Waals surface area contributed by atoms with Crippen molar-refractivity contribution in [1.82, 2.24) is 9.97 Å². The van der Waals surface area contributed by atoms with Crippen LogP contribution >= 0.6 is 0 Å². The molecule has 1 aromatic heterocycles. The largest absolute Gasteiger partial charge is 0.394 e. The van der Waals surface area contributed by atoms with E-state index in [0.29, 0.717) is 0 Å². The molecule has 0 aliphatic heterocycles. The highest BCUT2D eigenvalue weighted by molar-refractivity contribution is 5.49. The molecule has 2 rings (SSSR count). The third-order valence-electron chi connectivity index (χ3n) is 3.62. The van der Waals surface area contributed by atoms with E-state index in [0.717, 1.165) is 43.3 Å². The minimum Gasteiger partial charge on any atom is -0.394 e.